The van der Waals surface area contributed by atoms with E-state index in [1.165, 1.54) is 26.1 Å². The number of rotatable bonds is 5. The van der Waals surface area contributed by atoms with E-state index in [4.69, 9.17) is 0 Å². The molecule has 0 amide bonds. The molecule has 0 aliphatic heterocycles. The van der Waals surface area contributed by atoms with Crippen molar-refractivity contribution >= 4 is 10.0 Å². The number of aliphatic hydroxyl groups is 1. The highest BCUT2D eigenvalue weighted by molar-refractivity contribution is 7.89. The van der Waals surface area contributed by atoms with Gasteiger partial charge in [-0.3, -0.25) is 0 Å². The Bertz CT molecular complexity index is 511. The molecule has 0 fully saturated rings. The Morgan fingerprint density at radius 1 is 1.50 bits per heavy atom. The van der Waals surface area contributed by atoms with Gasteiger partial charge in [0.1, 0.15) is 0 Å². The van der Waals surface area contributed by atoms with Crippen LogP contribution in [0.25, 0.3) is 0 Å². The Morgan fingerprint density at radius 2 is 2.11 bits per heavy atom. The van der Waals surface area contributed by atoms with Crippen LogP contribution in [0.2, 0.25) is 0 Å². The van der Waals surface area contributed by atoms with E-state index in [-0.39, 0.29) is 13.1 Å². The number of pyridine rings is 1. The Morgan fingerprint density at radius 3 is 2.56 bits per heavy atom. The molecule has 1 aromatic rings. The molecule has 0 bridgehead atoms. The third kappa shape index (κ3) is 3.47. The highest BCUT2D eigenvalue weighted by Crippen LogP contribution is 2.18. The maximum Gasteiger partial charge on any atom is 0.263 e. The van der Waals surface area contributed by atoms with Crippen molar-refractivity contribution in [2.24, 2.45) is 0 Å². The zero-order valence-corrected chi connectivity index (χ0v) is 11.4. The lowest BCUT2D eigenvalue weighted by Gasteiger charge is -2.27. The molecule has 0 saturated carbocycles. The van der Waals surface area contributed by atoms with Crippen LogP contribution in [-0.4, -0.2) is 41.5 Å². The number of hydrogen-bond acceptors (Lipinski definition) is 4. The minimum Gasteiger partial charge on any atom is -0.389 e. The largest absolute Gasteiger partial charge is 0.389 e. The van der Waals surface area contributed by atoms with Gasteiger partial charge in [0.25, 0.3) is 10.0 Å². The number of sulfonamides is 1. The van der Waals surface area contributed by atoms with Gasteiger partial charge >= 0.3 is 0 Å². The summed E-state index contributed by atoms with van der Waals surface area (Å²) in [6.07, 6.45) is 1.22. The van der Waals surface area contributed by atoms with Crippen LogP contribution in [0.1, 0.15) is 20.8 Å². The first-order valence-corrected chi connectivity index (χ1v) is 6.95. The Labute approximate surface area is 106 Å². The van der Waals surface area contributed by atoms with Gasteiger partial charge in [-0.25, -0.2) is 17.8 Å². The van der Waals surface area contributed by atoms with Gasteiger partial charge < -0.3 is 5.11 Å². The number of hydrogen-bond donors (Lipinski definition) is 1. The van der Waals surface area contributed by atoms with Gasteiger partial charge in [0.15, 0.2) is 5.82 Å². The molecule has 1 N–H and O–H groups in total. The molecule has 1 heterocycles. The molecule has 0 aromatic carbocycles. The molecule has 0 spiro atoms. The molecule has 102 valence electrons. The second-order valence-electron chi connectivity index (χ2n) is 4.53. The average molecular weight is 276 g/mol. The fraction of sp³-hybridized carbons (Fsp3) is 0.545. The van der Waals surface area contributed by atoms with Crippen molar-refractivity contribution in [3.05, 3.63) is 24.1 Å². The van der Waals surface area contributed by atoms with Gasteiger partial charge in [-0.05, 0) is 26.0 Å². The molecular formula is C11H17FN2O3S. The van der Waals surface area contributed by atoms with Crippen LogP contribution in [-0.2, 0) is 10.0 Å². The fourth-order valence-corrected chi connectivity index (χ4v) is 3.06. The Hall–Kier alpha value is -1.05. The van der Waals surface area contributed by atoms with Crippen LogP contribution < -0.4 is 0 Å². The Kier molecular flexibility index (Phi) is 4.41. The van der Waals surface area contributed by atoms with Crippen LogP contribution in [0, 0.1) is 5.82 Å². The molecular weight excluding hydrogens is 259 g/mol. The summed E-state index contributed by atoms with van der Waals surface area (Å²) in [5.74, 6) is -0.897. The molecule has 1 rings (SSSR count). The maximum absolute atomic E-state index is 13.5. The summed E-state index contributed by atoms with van der Waals surface area (Å²) in [6, 6.07) is 2.36. The summed E-state index contributed by atoms with van der Waals surface area (Å²) in [5, 5.41) is 9.06. The summed E-state index contributed by atoms with van der Waals surface area (Å²) in [7, 11) is -4.03. The fourth-order valence-electron chi connectivity index (χ4n) is 1.48. The summed E-state index contributed by atoms with van der Waals surface area (Å²) in [4.78, 5) is 3.56. The topological polar surface area (TPSA) is 70.5 Å². The van der Waals surface area contributed by atoms with Crippen LogP contribution >= 0.6 is 0 Å². The second-order valence-corrected chi connectivity index (χ2v) is 6.39. The zero-order chi connectivity index (χ0) is 14.0. The van der Waals surface area contributed by atoms with Crippen molar-refractivity contribution in [2.45, 2.75) is 31.4 Å². The minimum absolute atomic E-state index is 0.123. The lowest BCUT2D eigenvalue weighted by Crippen LogP contribution is -2.42. The molecule has 0 aliphatic rings. The Balaban J connectivity index is 3.16. The van der Waals surface area contributed by atoms with E-state index in [2.05, 4.69) is 4.98 Å². The number of halogens is 1. The van der Waals surface area contributed by atoms with E-state index in [0.29, 0.717) is 0 Å². The first-order chi connectivity index (χ1) is 8.18. The van der Waals surface area contributed by atoms with E-state index in [1.807, 2.05) is 0 Å². The molecule has 0 aliphatic carbocycles. The number of nitrogens with zero attached hydrogens (tertiary/aromatic N) is 2. The van der Waals surface area contributed by atoms with Gasteiger partial charge in [0, 0.05) is 19.3 Å². The predicted molar refractivity (Wildman–Crippen MR) is 64.9 cm³/mol. The molecule has 1 aromatic heterocycles. The van der Waals surface area contributed by atoms with Crippen LogP contribution in [0.3, 0.4) is 0 Å². The normalized spacial score (nSPS) is 13.0. The van der Waals surface area contributed by atoms with Gasteiger partial charge in [-0.2, -0.15) is 4.31 Å². The van der Waals surface area contributed by atoms with Crippen LogP contribution in [0.15, 0.2) is 23.4 Å². The van der Waals surface area contributed by atoms with Gasteiger partial charge in [-0.15, -0.1) is 0 Å². The highest BCUT2D eigenvalue weighted by Gasteiger charge is 2.31. The summed E-state index contributed by atoms with van der Waals surface area (Å²) < 4.78 is 38.8. The molecule has 18 heavy (non-hydrogen) atoms. The third-order valence-electron chi connectivity index (χ3n) is 2.22. The zero-order valence-electron chi connectivity index (χ0n) is 10.6. The SMILES string of the molecule is CCN(CC(C)(C)O)S(=O)(=O)c1ncccc1F. The van der Waals surface area contributed by atoms with Gasteiger partial charge in [-0.1, -0.05) is 6.92 Å². The van der Waals surface area contributed by atoms with Crippen molar-refractivity contribution in [1.29, 1.82) is 0 Å². The van der Waals surface area contributed by atoms with E-state index in [9.17, 15) is 17.9 Å². The summed E-state index contributed by atoms with van der Waals surface area (Å²) in [6.45, 7) is 4.59. The second kappa shape index (κ2) is 5.29. The molecule has 7 heteroatoms. The lowest BCUT2D eigenvalue weighted by molar-refractivity contribution is 0.0600. The quantitative estimate of drug-likeness (QED) is 0.871. The predicted octanol–water partition coefficient (Wildman–Crippen LogP) is 1.00. The van der Waals surface area contributed by atoms with Crippen molar-refractivity contribution in [2.75, 3.05) is 13.1 Å². The first-order valence-electron chi connectivity index (χ1n) is 5.51. The van der Waals surface area contributed by atoms with E-state index in [1.54, 1.807) is 6.92 Å². The molecule has 0 saturated heterocycles. The molecule has 5 nitrogen and oxygen atoms in total. The van der Waals surface area contributed by atoms with E-state index in [0.717, 1.165) is 10.4 Å². The van der Waals surface area contributed by atoms with Crippen molar-refractivity contribution in [3.63, 3.8) is 0 Å². The van der Waals surface area contributed by atoms with Crippen molar-refractivity contribution in [1.82, 2.24) is 9.29 Å². The van der Waals surface area contributed by atoms with Crippen molar-refractivity contribution in [3.8, 4) is 0 Å². The highest BCUT2D eigenvalue weighted by atomic mass is 32.2. The lowest BCUT2D eigenvalue weighted by atomic mass is 10.1. The standard InChI is InChI=1S/C11H17FN2O3S/c1-4-14(8-11(2,3)15)18(16,17)10-9(12)6-5-7-13-10/h5-7,15H,4,8H2,1-3H3. The first kappa shape index (κ1) is 15.0. The monoisotopic (exact) mass is 276 g/mol. The third-order valence-corrected chi connectivity index (χ3v) is 4.08. The smallest absolute Gasteiger partial charge is 0.263 e. The summed E-state index contributed by atoms with van der Waals surface area (Å²) >= 11 is 0. The van der Waals surface area contributed by atoms with E-state index < -0.39 is 26.5 Å². The van der Waals surface area contributed by atoms with Crippen LogP contribution in [0.5, 0.6) is 0 Å². The molecule has 0 unspecified atom stereocenters. The molecule has 0 radical (unpaired) electrons. The number of likely N-dealkylation sites (N-methyl/N-ethyl adjacent to an activating group) is 1. The minimum atomic E-state index is -4.03. The van der Waals surface area contributed by atoms with Gasteiger partial charge in [0.05, 0.1) is 5.60 Å². The van der Waals surface area contributed by atoms with Crippen molar-refractivity contribution < 1.29 is 17.9 Å². The average Bonchev–Trinajstić information content (AvgIpc) is 2.24. The van der Waals surface area contributed by atoms with Gasteiger partial charge in [0.2, 0.25) is 5.03 Å². The molecule has 0 atom stereocenters. The number of aromatic nitrogens is 1. The van der Waals surface area contributed by atoms with E-state index >= 15 is 0 Å². The summed E-state index contributed by atoms with van der Waals surface area (Å²) in [5.41, 5.74) is -1.20. The van der Waals surface area contributed by atoms with Crippen LogP contribution in [0.4, 0.5) is 4.39 Å². The maximum atomic E-state index is 13.5.